The lowest BCUT2D eigenvalue weighted by Gasteiger charge is -2.29. The molecular formula is C30H25F4N5O5. The number of fused-ring (bicyclic) bond motifs is 1. The Morgan fingerprint density at radius 3 is 2.41 bits per heavy atom. The van der Waals surface area contributed by atoms with Crippen LogP contribution < -0.4 is 15.5 Å². The van der Waals surface area contributed by atoms with E-state index in [1.54, 1.807) is 6.07 Å². The van der Waals surface area contributed by atoms with Crippen LogP contribution in [0.15, 0.2) is 60.7 Å². The molecule has 3 amide bonds. The van der Waals surface area contributed by atoms with Crippen molar-refractivity contribution in [2.75, 3.05) is 22.1 Å². The predicted octanol–water partition coefficient (Wildman–Crippen LogP) is 5.39. The number of para-hydroxylation sites is 1. The molecule has 0 aliphatic carbocycles. The summed E-state index contributed by atoms with van der Waals surface area (Å²) in [6.07, 6.45) is -3.53. The summed E-state index contributed by atoms with van der Waals surface area (Å²) < 4.78 is 54.1. The number of carboxylic acid groups (broad SMARTS) is 1. The van der Waals surface area contributed by atoms with Crippen molar-refractivity contribution in [3.8, 4) is 0 Å². The number of halogens is 4. The highest BCUT2D eigenvalue weighted by Gasteiger charge is 2.31. The summed E-state index contributed by atoms with van der Waals surface area (Å²) in [4.78, 5) is 52.2. The summed E-state index contributed by atoms with van der Waals surface area (Å²) in [7, 11) is 0. The molecule has 3 N–H and O–H groups in total. The molecule has 14 heteroatoms. The van der Waals surface area contributed by atoms with Gasteiger partial charge in [0.1, 0.15) is 12.4 Å². The Balaban J connectivity index is 1.51. The first-order chi connectivity index (χ1) is 20.9. The molecule has 1 aromatic heterocycles. The smallest absolute Gasteiger partial charge is 0.408 e. The van der Waals surface area contributed by atoms with E-state index < -0.39 is 42.7 Å². The van der Waals surface area contributed by atoms with Gasteiger partial charge in [-0.05, 0) is 60.9 Å². The zero-order valence-electron chi connectivity index (χ0n) is 22.9. The van der Waals surface area contributed by atoms with Crippen LogP contribution in [0.5, 0.6) is 0 Å². The number of piperidine rings is 1. The van der Waals surface area contributed by atoms with E-state index in [0.29, 0.717) is 24.1 Å². The zero-order chi connectivity index (χ0) is 31.6. The van der Waals surface area contributed by atoms with Crippen molar-refractivity contribution in [2.24, 2.45) is 0 Å². The molecule has 1 fully saturated rings. The minimum atomic E-state index is -4.60. The molecule has 44 heavy (non-hydrogen) atoms. The standard InChI is InChI=1S/C30H25F4N5O5/c31-19-9-10-21(18(13-19)15-26(41)42)35-28(43)17-8-11-24(38-12-4-3-7-25(38)40)22(14-17)36-29(44)27-20-5-1-2-6-23(20)39(37-27)16-30(32,33)34/h1-2,5-6,8-11,13-14H,3-4,7,12,15-16H2,(H,35,43)(H,36,44)(H,41,42). The van der Waals surface area contributed by atoms with Gasteiger partial charge in [0, 0.05) is 29.6 Å². The Bertz CT molecular complexity index is 1790. The second-order valence-corrected chi connectivity index (χ2v) is 10.2. The number of carbonyl (C=O) groups is 4. The number of carboxylic acids is 1. The quantitative estimate of drug-likeness (QED) is 0.229. The van der Waals surface area contributed by atoms with Crippen molar-refractivity contribution < 1.29 is 41.8 Å². The number of aliphatic carboxylic acids is 1. The maximum absolute atomic E-state index is 13.8. The highest BCUT2D eigenvalue weighted by molar-refractivity contribution is 6.14. The molecule has 5 rings (SSSR count). The van der Waals surface area contributed by atoms with E-state index in [1.165, 1.54) is 47.4 Å². The molecular weight excluding hydrogens is 586 g/mol. The van der Waals surface area contributed by atoms with Crippen molar-refractivity contribution in [3.63, 3.8) is 0 Å². The van der Waals surface area contributed by atoms with Gasteiger partial charge >= 0.3 is 12.1 Å². The van der Waals surface area contributed by atoms with Crippen molar-refractivity contribution in [2.45, 2.75) is 38.4 Å². The highest BCUT2D eigenvalue weighted by Crippen LogP contribution is 2.32. The van der Waals surface area contributed by atoms with Gasteiger partial charge in [0.25, 0.3) is 11.8 Å². The maximum atomic E-state index is 13.8. The second-order valence-electron chi connectivity index (χ2n) is 10.2. The van der Waals surface area contributed by atoms with Gasteiger partial charge in [0.2, 0.25) is 5.91 Å². The van der Waals surface area contributed by atoms with E-state index in [0.717, 1.165) is 12.1 Å². The lowest BCUT2D eigenvalue weighted by Crippen LogP contribution is -2.36. The number of nitrogens with zero attached hydrogens (tertiary/aromatic N) is 3. The number of nitrogens with one attached hydrogen (secondary N) is 2. The van der Waals surface area contributed by atoms with E-state index in [-0.39, 0.29) is 57.1 Å². The fourth-order valence-electron chi connectivity index (χ4n) is 5.03. The minimum Gasteiger partial charge on any atom is -0.481 e. The monoisotopic (exact) mass is 611 g/mol. The van der Waals surface area contributed by atoms with Gasteiger partial charge < -0.3 is 20.6 Å². The average Bonchev–Trinajstić information content (AvgIpc) is 3.31. The molecule has 0 atom stereocenters. The second kappa shape index (κ2) is 12.1. The molecule has 0 unspecified atom stereocenters. The van der Waals surface area contributed by atoms with Crippen molar-refractivity contribution in [1.29, 1.82) is 0 Å². The number of benzene rings is 3. The predicted molar refractivity (Wildman–Crippen MR) is 152 cm³/mol. The Labute approximate surface area is 247 Å². The Morgan fingerprint density at radius 2 is 1.68 bits per heavy atom. The molecule has 1 saturated heterocycles. The number of rotatable bonds is 8. The molecule has 0 spiro atoms. The van der Waals surface area contributed by atoms with E-state index in [2.05, 4.69) is 15.7 Å². The molecule has 0 bridgehead atoms. The van der Waals surface area contributed by atoms with Gasteiger partial charge in [0.15, 0.2) is 5.69 Å². The molecule has 1 aliphatic rings. The number of amides is 3. The highest BCUT2D eigenvalue weighted by atomic mass is 19.4. The lowest BCUT2D eigenvalue weighted by atomic mass is 10.1. The van der Waals surface area contributed by atoms with Crippen LogP contribution in [0.4, 0.5) is 34.6 Å². The summed E-state index contributed by atoms with van der Waals surface area (Å²) in [5.41, 5.74) is 0.166. The van der Waals surface area contributed by atoms with Crippen LogP contribution in [0, 0.1) is 5.82 Å². The van der Waals surface area contributed by atoms with Crippen LogP contribution in [0.2, 0.25) is 0 Å². The number of hydrogen-bond acceptors (Lipinski definition) is 5. The van der Waals surface area contributed by atoms with Crippen molar-refractivity contribution in [3.05, 3.63) is 83.3 Å². The van der Waals surface area contributed by atoms with Crippen molar-refractivity contribution in [1.82, 2.24) is 9.78 Å². The van der Waals surface area contributed by atoms with Gasteiger partial charge in [-0.2, -0.15) is 18.3 Å². The first kappa shape index (κ1) is 30.2. The van der Waals surface area contributed by atoms with Gasteiger partial charge in [-0.1, -0.05) is 18.2 Å². The SMILES string of the molecule is O=C(O)Cc1cc(F)ccc1NC(=O)c1ccc(N2CCCCC2=O)c(NC(=O)c2nn(CC(F)(F)F)c3ccccc23)c1. The third kappa shape index (κ3) is 6.69. The van der Waals surface area contributed by atoms with Crippen LogP contribution >= 0.6 is 0 Å². The molecule has 0 saturated carbocycles. The average molecular weight is 612 g/mol. The third-order valence-corrected chi connectivity index (χ3v) is 6.98. The Kier molecular flexibility index (Phi) is 8.34. The van der Waals surface area contributed by atoms with E-state index >= 15 is 0 Å². The van der Waals surface area contributed by atoms with Gasteiger partial charge in [0.05, 0.1) is 23.3 Å². The number of hydrogen-bond donors (Lipinski definition) is 3. The number of anilines is 3. The topological polar surface area (TPSA) is 134 Å². The summed E-state index contributed by atoms with van der Waals surface area (Å²) in [6, 6.07) is 13.3. The number of alkyl halides is 3. The van der Waals surface area contributed by atoms with E-state index in [9.17, 15) is 41.8 Å². The number of aromatic nitrogens is 2. The summed E-state index contributed by atoms with van der Waals surface area (Å²) >= 11 is 0. The molecule has 4 aromatic rings. The van der Waals surface area contributed by atoms with Gasteiger partial charge in [-0.25, -0.2) is 4.39 Å². The fourth-order valence-corrected chi connectivity index (χ4v) is 5.03. The molecule has 2 heterocycles. The first-order valence-electron chi connectivity index (χ1n) is 13.5. The van der Waals surface area contributed by atoms with Crippen molar-refractivity contribution >= 4 is 51.7 Å². The summed E-state index contributed by atoms with van der Waals surface area (Å²) in [6.45, 7) is -1.08. The molecule has 10 nitrogen and oxygen atoms in total. The minimum absolute atomic E-state index is 0.00781. The van der Waals surface area contributed by atoms with Gasteiger partial charge in [-0.3, -0.25) is 23.9 Å². The summed E-state index contributed by atoms with van der Waals surface area (Å²) in [5, 5.41) is 18.4. The van der Waals surface area contributed by atoms with E-state index in [4.69, 9.17) is 0 Å². The lowest BCUT2D eigenvalue weighted by molar-refractivity contribution is -0.142. The number of carbonyl (C=O) groups excluding carboxylic acids is 3. The Morgan fingerprint density at radius 1 is 0.932 bits per heavy atom. The van der Waals surface area contributed by atoms with Gasteiger partial charge in [-0.15, -0.1) is 0 Å². The summed E-state index contributed by atoms with van der Waals surface area (Å²) in [5.74, 6) is -3.74. The Hall–Kier alpha value is -5.27. The maximum Gasteiger partial charge on any atom is 0.408 e. The first-order valence-corrected chi connectivity index (χ1v) is 13.5. The normalized spacial score (nSPS) is 13.6. The van der Waals surface area contributed by atoms with Crippen LogP contribution in [-0.4, -0.2) is 51.3 Å². The largest absolute Gasteiger partial charge is 0.481 e. The van der Waals surface area contributed by atoms with Crippen LogP contribution in [0.3, 0.4) is 0 Å². The fraction of sp³-hybridized carbons (Fsp3) is 0.233. The molecule has 0 radical (unpaired) electrons. The molecule has 228 valence electrons. The third-order valence-electron chi connectivity index (χ3n) is 6.98. The van der Waals surface area contributed by atoms with Crippen LogP contribution in [-0.2, 0) is 22.6 Å². The molecule has 1 aliphatic heterocycles. The van der Waals surface area contributed by atoms with E-state index in [1.807, 2.05) is 0 Å². The zero-order valence-corrected chi connectivity index (χ0v) is 22.9. The van der Waals surface area contributed by atoms with Crippen LogP contribution in [0.25, 0.3) is 10.9 Å². The molecule has 3 aromatic carbocycles. The van der Waals surface area contributed by atoms with Crippen LogP contribution in [0.1, 0.15) is 45.7 Å².